The zero-order chi connectivity index (χ0) is 17.3. The number of rotatable bonds is 3. The minimum absolute atomic E-state index is 0.107. The van der Waals surface area contributed by atoms with E-state index in [2.05, 4.69) is 4.98 Å². The van der Waals surface area contributed by atoms with E-state index in [9.17, 15) is 23.1 Å². The number of aromatic nitrogens is 1. The number of aliphatic hydroxyl groups is 1. The zero-order valence-electron chi connectivity index (χ0n) is 12.9. The van der Waals surface area contributed by atoms with Crippen molar-refractivity contribution in [2.24, 2.45) is 0 Å². The SMILES string of the molecule is CC(C)Oc1cccc(C(=O)N2CCC(O)(C(F)(F)F)CC2)n1. The van der Waals surface area contributed by atoms with Gasteiger partial charge in [0.15, 0.2) is 5.60 Å². The predicted molar refractivity (Wildman–Crippen MR) is 76.1 cm³/mol. The largest absolute Gasteiger partial charge is 0.475 e. The summed E-state index contributed by atoms with van der Waals surface area (Å²) in [6.45, 7) is 3.29. The van der Waals surface area contributed by atoms with Gasteiger partial charge < -0.3 is 14.7 Å². The summed E-state index contributed by atoms with van der Waals surface area (Å²) in [5.74, 6) is -0.182. The highest BCUT2D eigenvalue weighted by Crippen LogP contribution is 2.38. The summed E-state index contributed by atoms with van der Waals surface area (Å²) in [6.07, 6.45) is -5.87. The molecule has 0 saturated carbocycles. The molecule has 1 aliphatic heterocycles. The van der Waals surface area contributed by atoms with Crippen LogP contribution in [0.5, 0.6) is 5.88 Å². The topological polar surface area (TPSA) is 62.7 Å². The molecule has 1 saturated heterocycles. The molecule has 5 nitrogen and oxygen atoms in total. The van der Waals surface area contributed by atoms with Crippen molar-refractivity contribution in [3.8, 4) is 5.88 Å². The van der Waals surface area contributed by atoms with E-state index < -0.39 is 30.5 Å². The molecule has 1 aromatic rings. The third-order valence-electron chi connectivity index (χ3n) is 3.70. The van der Waals surface area contributed by atoms with Gasteiger partial charge in [-0.25, -0.2) is 4.98 Å². The normalized spacial score (nSPS) is 18.1. The third-order valence-corrected chi connectivity index (χ3v) is 3.70. The van der Waals surface area contributed by atoms with Crippen molar-refractivity contribution in [3.05, 3.63) is 23.9 Å². The molecule has 0 unspecified atom stereocenters. The van der Waals surface area contributed by atoms with E-state index in [-0.39, 0.29) is 30.8 Å². The van der Waals surface area contributed by atoms with Crippen molar-refractivity contribution in [1.82, 2.24) is 9.88 Å². The molecule has 8 heteroatoms. The molecule has 23 heavy (non-hydrogen) atoms. The van der Waals surface area contributed by atoms with Crippen LogP contribution in [-0.4, -0.2) is 51.9 Å². The average molecular weight is 332 g/mol. The number of pyridine rings is 1. The van der Waals surface area contributed by atoms with Crippen LogP contribution < -0.4 is 4.74 Å². The lowest BCUT2D eigenvalue weighted by molar-refractivity contribution is -0.271. The minimum atomic E-state index is -4.69. The van der Waals surface area contributed by atoms with Gasteiger partial charge in [0.2, 0.25) is 5.88 Å². The molecule has 1 N–H and O–H groups in total. The second-order valence-electron chi connectivity index (χ2n) is 5.85. The van der Waals surface area contributed by atoms with Crippen molar-refractivity contribution in [3.63, 3.8) is 0 Å². The number of likely N-dealkylation sites (tertiary alicyclic amines) is 1. The number of hydrogen-bond acceptors (Lipinski definition) is 4. The fourth-order valence-corrected chi connectivity index (χ4v) is 2.37. The quantitative estimate of drug-likeness (QED) is 0.923. The number of hydrogen-bond donors (Lipinski definition) is 1. The molecule has 0 bridgehead atoms. The van der Waals surface area contributed by atoms with E-state index in [0.29, 0.717) is 0 Å². The molecule has 0 atom stereocenters. The highest BCUT2D eigenvalue weighted by molar-refractivity contribution is 5.92. The number of piperidine rings is 1. The number of alkyl halides is 3. The van der Waals surface area contributed by atoms with E-state index in [1.54, 1.807) is 12.1 Å². The first-order chi connectivity index (χ1) is 10.6. The molecule has 0 aromatic carbocycles. The van der Waals surface area contributed by atoms with Crippen molar-refractivity contribution in [1.29, 1.82) is 0 Å². The summed E-state index contributed by atoms with van der Waals surface area (Å²) < 4.78 is 43.7. The molecule has 1 aromatic heterocycles. The summed E-state index contributed by atoms with van der Waals surface area (Å²) in [5, 5.41) is 9.62. The second kappa shape index (κ2) is 6.35. The van der Waals surface area contributed by atoms with Crippen LogP contribution in [0.15, 0.2) is 18.2 Å². The lowest BCUT2D eigenvalue weighted by atomic mass is 9.90. The third kappa shape index (κ3) is 3.93. The number of halogens is 3. The molecule has 2 rings (SSSR count). The van der Waals surface area contributed by atoms with Gasteiger partial charge in [-0.05, 0) is 19.9 Å². The molecule has 0 aliphatic carbocycles. The van der Waals surface area contributed by atoms with Gasteiger partial charge in [0.05, 0.1) is 6.10 Å². The smallest absolute Gasteiger partial charge is 0.417 e. The number of carbonyl (C=O) groups excluding carboxylic acids is 1. The van der Waals surface area contributed by atoms with Gasteiger partial charge in [-0.1, -0.05) is 6.07 Å². The first-order valence-corrected chi connectivity index (χ1v) is 7.34. The fourth-order valence-electron chi connectivity index (χ4n) is 2.37. The number of ether oxygens (including phenoxy) is 1. The minimum Gasteiger partial charge on any atom is -0.475 e. The summed E-state index contributed by atoms with van der Waals surface area (Å²) in [6, 6.07) is 4.70. The molecule has 1 fully saturated rings. The second-order valence-corrected chi connectivity index (χ2v) is 5.85. The Hall–Kier alpha value is -1.83. The first-order valence-electron chi connectivity index (χ1n) is 7.34. The van der Waals surface area contributed by atoms with E-state index in [1.807, 2.05) is 13.8 Å². The van der Waals surface area contributed by atoms with Gasteiger partial charge in [-0.15, -0.1) is 0 Å². The Morgan fingerprint density at radius 1 is 1.35 bits per heavy atom. The lowest BCUT2D eigenvalue weighted by Gasteiger charge is -2.38. The number of amides is 1. The van der Waals surface area contributed by atoms with Crippen LogP contribution >= 0.6 is 0 Å². The Bertz CT molecular complexity index is 567. The molecular weight excluding hydrogens is 313 g/mol. The molecule has 0 spiro atoms. The molecule has 2 heterocycles. The average Bonchev–Trinajstić information content (AvgIpc) is 2.46. The zero-order valence-corrected chi connectivity index (χ0v) is 12.9. The summed E-state index contributed by atoms with van der Waals surface area (Å²) in [7, 11) is 0. The number of nitrogens with zero attached hydrogens (tertiary/aromatic N) is 2. The summed E-state index contributed by atoms with van der Waals surface area (Å²) in [4.78, 5) is 17.7. The maximum Gasteiger partial charge on any atom is 0.417 e. The van der Waals surface area contributed by atoms with Gasteiger partial charge in [-0.2, -0.15) is 13.2 Å². The van der Waals surface area contributed by atoms with Crippen molar-refractivity contribution < 1.29 is 27.8 Å². The van der Waals surface area contributed by atoms with E-state index in [1.165, 1.54) is 11.0 Å². The van der Waals surface area contributed by atoms with Gasteiger partial charge in [0, 0.05) is 32.0 Å². The Morgan fingerprint density at radius 3 is 2.48 bits per heavy atom. The van der Waals surface area contributed by atoms with Gasteiger partial charge >= 0.3 is 6.18 Å². The van der Waals surface area contributed by atoms with Crippen molar-refractivity contribution in [2.45, 2.75) is 44.6 Å². The summed E-state index contributed by atoms with van der Waals surface area (Å²) in [5.41, 5.74) is -2.61. The van der Waals surface area contributed by atoms with Gasteiger partial charge in [-0.3, -0.25) is 4.79 Å². The van der Waals surface area contributed by atoms with Crippen molar-refractivity contribution >= 4 is 5.91 Å². The van der Waals surface area contributed by atoms with Crippen molar-refractivity contribution in [2.75, 3.05) is 13.1 Å². The Kier molecular flexibility index (Phi) is 4.84. The Balaban J connectivity index is 2.06. The standard InChI is InChI=1S/C15H19F3N2O3/c1-10(2)23-12-5-3-4-11(19-12)13(21)20-8-6-14(22,7-9-20)15(16,17)18/h3-5,10,22H,6-9H2,1-2H3. The molecule has 0 radical (unpaired) electrons. The van der Waals surface area contributed by atoms with E-state index in [0.717, 1.165) is 0 Å². The van der Waals surface area contributed by atoms with Crippen LogP contribution in [0, 0.1) is 0 Å². The van der Waals surface area contributed by atoms with Crippen LogP contribution in [0.2, 0.25) is 0 Å². The lowest BCUT2D eigenvalue weighted by Crippen LogP contribution is -2.54. The maximum absolute atomic E-state index is 12.8. The summed E-state index contributed by atoms with van der Waals surface area (Å²) >= 11 is 0. The highest BCUT2D eigenvalue weighted by Gasteiger charge is 2.54. The molecular formula is C15H19F3N2O3. The van der Waals surface area contributed by atoms with E-state index in [4.69, 9.17) is 4.74 Å². The van der Waals surface area contributed by atoms with E-state index >= 15 is 0 Å². The Labute approximate surface area is 132 Å². The predicted octanol–water partition coefficient (Wildman–Crippen LogP) is 2.40. The van der Waals surface area contributed by atoms with Crippen LogP contribution in [0.25, 0.3) is 0 Å². The Morgan fingerprint density at radius 2 is 1.96 bits per heavy atom. The first kappa shape index (κ1) is 17.5. The highest BCUT2D eigenvalue weighted by atomic mass is 19.4. The monoisotopic (exact) mass is 332 g/mol. The fraction of sp³-hybridized carbons (Fsp3) is 0.600. The van der Waals surface area contributed by atoms with Gasteiger partial charge in [0.1, 0.15) is 5.69 Å². The van der Waals surface area contributed by atoms with Crippen LogP contribution in [0.1, 0.15) is 37.2 Å². The number of carbonyl (C=O) groups is 1. The maximum atomic E-state index is 12.8. The molecule has 1 amide bonds. The van der Waals surface area contributed by atoms with Crippen LogP contribution in [-0.2, 0) is 0 Å². The van der Waals surface area contributed by atoms with Crippen LogP contribution in [0.4, 0.5) is 13.2 Å². The molecule has 1 aliphatic rings. The van der Waals surface area contributed by atoms with Crippen LogP contribution in [0.3, 0.4) is 0 Å². The molecule has 128 valence electrons. The van der Waals surface area contributed by atoms with Gasteiger partial charge in [0.25, 0.3) is 5.91 Å².